The molecule has 0 saturated heterocycles. The Morgan fingerprint density at radius 2 is 1.03 bits per heavy atom. The highest BCUT2D eigenvalue weighted by Gasteiger charge is 2.15. The molecule has 166 valence electrons. The third-order valence-electron chi connectivity index (χ3n) is 3.86. The molecule has 0 radical (unpaired) electrons. The van der Waals surface area contributed by atoms with Gasteiger partial charge in [0.05, 0.1) is 11.5 Å². The van der Waals surface area contributed by atoms with Crippen molar-refractivity contribution in [3.05, 3.63) is 59.2 Å². The van der Waals surface area contributed by atoms with Gasteiger partial charge in [-0.2, -0.15) is 0 Å². The maximum atomic E-state index is 12.3. The van der Waals surface area contributed by atoms with Crippen molar-refractivity contribution in [2.75, 3.05) is 11.5 Å². The number of para-hydroxylation sites is 2. The van der Waals surface area contributed by atoms with Crippen LogP contribution in [0.15, 0.2) is 46.7 Å². The van der Waals surface area contributed by atoms with Crippen LogP contribution in [0.25, 0.3) is 0 Å². The number of thioether (sulfide) groups is 2. The van der Waals surface area contributed by atoms with Crippen LogP contribution in [0.2, 0.25) is 0 Å². The summed E-state index contributed by atoms with van der Waals surface area (Å²) in [5.41, 5.74) is 3.31. The van der Waals surface area contributed by atoms with E-state index in [1.165, 1.54) is 23.5 Å². The Kier molecular flexibility index (Phi) is 8.18. The first-order valence-corrected chi connectivity index (χ1v) is 11.7. The maximum absolute atomic E-state index is 12.3. The van der Waals surface area contributed by atoms with Crippen LogP contribution in [0.4, 0.5) is 0 Å². The molecule has 0 aliphatic rings. The Morgan fingerprint density at radius 3 is 1.38 bits per heavy atom. The van der Waals surface area contributed by atoms with Gasteiger partial charge in [-0.25, -0.2) is 19.9 Å². The highest BCUT2D eigenvalue weighted by Crippen LogP contribution is 2.28. The molecule has 2 aromatic heterocycles. The minimum absolute atomic E-state index is 0.0189. The van der Waals surface area contributed by atoms with E-state index < -0.39 is 11.9 Å². The van der Waals surface area contributed by atoms with Gasteiger partial charge in [-0.3, -0.25) is 9.59 Å². The normalized spacial score (nSPS) is 10.6. The van der Waals surface area contributed by atoms with E-state index in [0.29, 0.717) is 10.3 Å². The molecule has 32 heavy (non-hydrogen) atoms. The molecule has 8 nitrogen and oxygen atoms in total. The van der Waals surface area contributed by atoms with Gasteiger partial charge in [0.25, 0.3) is 0 Å². The van der Waals surface area contributed by atoms with Crippen molar-refractivity contribution in [2.24, 2.45) is 0 Å². The molecule has 0 unspecified atom stereocenters. The summed E-state index contributed by atoms with van der Waals surface area (Å²) >= 11 is 2.36. The molecule has 2 heterocycles. The molecule has 0 aliphatic carbocycles. The average molecular weight is 471 g/mol. The van der Waals surface area contributed by atoms with Crippen molar-refractivity contribution in [3.8, 4) is 11.5 Å². The van der Waals surface area contributed by atoms with E-state index >= 15 is 0 Å². The number of aromatic nitrogens is 4. The number of aryl methyl sites for hydroxylation is 4. The molecule has 10 heteroatoms. The summed E-state index contributed by atoms with van der Waals surface area (Å²) in [6.45, 7) is 7.47. The van der Waals surface area contributed by atoms with E-state index in [-0.39, 0.29) is 23.0 Å². The number of esters is 2. The second-order valence-corrected chi connectivity index (χ2v) is 8.72. The molecular formula is C22H22N4O4S2. The van der Waals surface area contributed by atoms with Crippen molar-refractivity contribution < 1.29 is 19.1 Å². The maximum Gasteiger partial charge on any atom is 0.321 e. The minimum Gasteiger partial charge on any atom is -0.422 e. The van der Waals surface area contributed by atoms with Gasteiger partial charge in [0.15, 0.2) is 21.8 Å². The Balaban J connectivity index is 1.56. The van der Waals surface area contributed by atoms with Crippen molar-refractivity contribution in [3.63, 3.8) is 0 Å². The van der Waals surface area contributed by atoms with E-state index in [9.17, 15) is 9.59 Å². The molecule has 0 saturated carbocycles. The molecule has 3 rings (SSSR count). The third kappa shape index (κ3) is 7.31. The molecule has 1 aromatic carbocycles. The monoisotopic (exact) mass is 470 g/mol. The lowest BCUT2D eigenvalue weighted by molar-refractivity contribution is -0.134. The zero-order valence-corrected chi connectivity index (χ0v) is 19.7. The highest BCUT2D eigenvalue weighted by molar-refractivity contribution is 8.00. The first kappa shape index (κ1) is 23.7. The van der Waals surface area contributed by atoms with Gasteiger partial charge >= 0.3 is 11.9 Å². The Bertz CT molecular complexity index is 1010. The van der Waals surface area contributed by atoms with Crippen LogP contribution in [-0.4, -0.2) is 43.4 Å². The van der Waals surface area contributed by atoms with Crippen LogP contribution in [0.5, 0.6) is 11.5 Å². The zero-order chi connectivity index (χ0) is 23.1. The number of rotatable bonds is 8. The van der Waals surface area contributed by atoms with Crippen LogP contribution in [-0.2, 0) is 9.59 Å². The molecule has 0 atom stereocenters. The fraction of sp³-hybridized carbons (Fsp3) is 0.273. The lowest BCUT2D eigenvalue weighted by atomic mass is 10.3. The summed E-state index contributed by atoms with van der Waals surface area (Å²) in [6.07, 6.45) is 0. The predicted molar refractivity (Wildman–Crippen MR) is 122 cm³/mol. The Morgan fingerprint density at radius 1 is 0.688 bits per heavy atom. The number of carbonyl (C=O) groups is 2. The Labute approximate surface area is 194 Å². The molecule has 0 N–H and O–H groups in total. The lowest BCUT2D eigenvalue weighted by Gasteiger charge is -2.10. The van der Waals surface area contributed by atoms with Crippen LogP contribution < -0.4 is 9.47 Å². The quantitative estimate of drug-likeness (QED) is 0.208. The highest BCUT2D eigenvalue weighted by atomic mass is 32.2. The SMILES string of the molecule is Cc1cc(C)nc(SCC(=O)Oc2ccccc2OC(=O)CSc2nc(C)cc(C)n2)n1. The van der Waals surface area contributed by atoms with E-state index in [1.807, 2.05) is 39.8 Å². The van der Waals surface area contributed by atoms with Crippen LogP contribution >= 0.6 is 23.5 Å². The van der Waals surface area contributed by atoms with Crippen molar-refractivity contribution in [2.45, 2.75) is 38.0 Å². The minimum atomic E-state index is -0.501. The van der Waals surface area contributed by atoms with Gasteiger partial charge in [0.2, 0.25) is 0 Å². The molecule has 0 aliphatic heterocycles. The van der Waals surface area contributed by atoms with Crippen LogP contribution in [0.3, 0.4) is 0 Å². The number of ether oxygens (including phenoxy) is 2. The number of benzene rings is 1. The average Bonchev–Trinajstić information content (AvgIpc) is 2.71. The summed E-state index contributed by atoms with van der Waals surface area (Å²) < 4.78 is 10.8. The van der Waals surface area contributed by atoms with Crippen molar-refractivity contribution >= 4 is 35.5 Å². The standard InChI is InChI=1S/C22H22N4O4S2/c1-13-9-14(2)24-21(23-13)31-11-19(27)29-17-7-5-6-8-18(17)30-20(28)12-32-22-25-15(3)10-16(4)26-22/h5-10H,11-12H2,1-4H3. The predicted octanol–water partition coefficient (Wildman–Crippen LogP) is 3.90. The first-order valence-electron chi connectivity index (χ1n) is 9.69. The van der Waals surface area contributed by atoms with Crippen molar-refractivity contribution in [1.29, 1.82) is 0 Å². The summed E-state index contributed by atoms with van der Waals surface area (Å²) in [4.78, 5) is 41.8. The number of nitrogens with zero attached hydrogens (tertiary/aromatic N) is 4. The lowest BCUT2D eigenvalue weighted by Crippen LogP contribution is -2.15. The van der Waals surface area contributed by atoms with Crippen LogP contribution in [0, 0.1) is 27.7 Å². The van der Waals surface area contributed by atoms with Gasteiger partial charge in [0.1, 0.15) is 0 Å². The molecule has 3 aromatic rings. The van der Waals surface area contributed by atoms with E-state index in [2.05, 4.69) is 19.9 Å². The van der Waals surface area contributed by atoms with Crippen LogP contribution in [0.1, 0.15) is 22.8 Å². The Hall–Kier alpha value is -2.98. The van der Waals surface area contributed by atoms with E-state index in [1.54, 1.807) is 24.3 Å². The first-order chi connectivity index (χ1) is 15.3. The van der Waals surface area contributed by atoms with Gasteiger partial charge in [-0.15, -0.1) is 0 Å². The fourth-order valence-corrected chi connectivity index (χ4v) is 4.13. The second-order valence-electron chi connectivity index (χ2n) is 6.84. The van der Waals surface area contributed by atoms with E-state index in [0.717, 1.165) is 22.8 Å². The topological polar surface area (TPSA) is 104 Å². The van der Waals surface area contributed by atoms with Gasteiger partial charge in [0, 0.05) is 22.8 Å². The second kappa shape index (κ2) is 11.1. The number of hydrogen-bond donors (Lipinski definition) is 0. The summed E-state index contributed by atoms with van der Waals surface area (Å²) in [6, 6.07) is 10.2. The summed E-state index contributed by atoms with van der Waals surface area (Å²) in [5.74, 6) is -0.629. The molecule has 0 spiro atoms. The zero-order valence-electron chi connectivity index (χ0n) is 18.1. The largest absolute Gasteiger partial charge is 0.422 e. The van der Waals surface area contributed by atoms with Crippen molar-refractivity contribution in [1.82, 2.24) is 19.9 Å². The molecule has 0 fully saturated rings. The van der Waals surface area contributed by atoms with E-state index in [4.69, 9.17) is 9.47 Å². The number of hydrogen-bond acceptors (Lipinski definition) is 10. The molecule has 0 amide bonds. The van der Waals surface area contributed by atoms with Gasteiger partial charge in [-0.1, -0.05) is 35.7 Å². The van der Waals surface area contributed by atoms with Gasteiger partial charge < -0.3 is 9.47 Å². The summed E-state index contributed by atoms with van der Waals surface area (Å²) in [7, 11) is 0. The smallest absolute Gasteiger partial charge is 0.321 e. The fourth-order valence-electron chi connectivity index (χ4n) is 2.69. The summed E-state index contributed by atoms with van der Waals surface area (Å²) in [5, 5.41) is 1.01. The molecule has 0 bridgehead atoms. The number of carbonyl (C=O) groups excluding carboxylic acids is 2. The molecular weight excluding hydrogens is 448 g/mol. The van der Waals surface area contributed by atoms with Gasteiger partial charge in [-0.05, 0) is 52.0 Å². The third-order valence-corrected chi connectivity index (χ3v) is 5.50.